The van der Waals surface area contributed by atoms with E-state index in [0.29, 0.717) is 31.5 Å². The number of aromatic hydroxyl groups is 2. The van der Waals surface area contributed by atoms with Gasteiger partial charge in [0.1, 0.15) is 0 Å². The molecule has 7 nitrogen and oxygen atoms in total. The number of benzene rings is 1. The van der Waals surface area contributed by atoms with Gasteiger partial charge in [0.05, 0.1) is 12.5 Å². The van der Waals surface area contributed by atoms with Gasteiger partial charge in [0.25, 0.3) is 0 Å². The zero-order chi connectivity index (χ0) is 17.2. The van der Waals surface area contributed by atoms with E-state index in [2.05, 4.69) is 5.32 Å². The highest BCUT2D eigenvalue weighted by atomic mass is 16.3. The Morgan fingerprint density at radius 2 is 1.91 bits per heavy atom. The van der Waals surface area contributed by atoms with Gasteiger partial charge in [-0.2, -0.15) is 0 Å². The summed E-state index contributed by atoms with van der Waals surface area (Å²) in [5, 5.41) is 21.3. The number of ketones is 1. The number of nitrogens with two attached hydrogens (primary N) is 2. The molecule has 1 rings (SSSR count). The van der Waals surface area contributed by atoms with Crippen molar-refractivity contribution in [1.82, 2.24) is 5.32 Å². The van der Waals surface area contributed by atoms with Crippen molar-refractivity contribution < 1.29 is 19.8 Å². The lowest BCUT2D eigenvalue weighted by molar-refractivity contribution is -0.121. The van der Waals surface area contributed by atoms with Gasteiger partial charge >= 0.3 is 0 Å². The number of carbonyl (C=O) groups is 2. The fourth-order valence-electron chi connectivity index (χ4n) is 2.13. The third-order valence-electron chi connectivity index (χ3n) is 3.47. The Hall–Kier alpha value is -2.12. The van der Waals surface area contributed by atoms with Crippen LogP contribution in [0.2, 0.25) is 0 Å². The molecule has 1 unspecified atom stereocenters. The van der Waals surface area contributed by atoms with E-state index in [4.69, 9.17) is 11.5 Å². The van der Waals surface area contributed by atoms with E-state index in [1.165, 1.54) is 12.1 Å². The zero-order valence-corrected chi connectivity index (χ0v) is 13.1. The molecular formula is C16H25N3O4. The van der Waals surface area contributed by atoms with Crippen LogP contribution in [0.25, 0.3) is 0 Å². The van der Waals surface area contributed by atoms with Gasteiger partial charge in [-0.05, 0) is 43.5 Å². The van der Waals surface area contributed by atoms with Crippen molar-refractivity contribution in [3.05, 3.63) is 23.8 Å². The molecular weight excluding hydrogens is 298 g/mol. The Bertz CT molecular complexity index is 534. The lowest BCUT2D eigenvalue weighted by atomic mass is 10.0. The first-order valence-corrected chi connectivity index (χ1v) is 7.70. The smallest absolute Gasteiger partial charge is 0.224 e. The number of amides is 1. The molecule has 1 aromatic carbocycles. The molecule has 0 aromatic heterocycles. The number of hydrogen-bond acceptors (Lipinski definition) is 6. The molecule has 0 bridgehead atoms. The molecule has 1 aromatic rings. The van der Waals surface area contributed by atoms with Crippen LogP contribution in [-0.4, -0.2) is 41.0 Å². The Balaban J connectivity index is 2.19. The van der Waals surface area contributed by atoms with Crippen LogP contribution in [0.4, 0.5) is 0 Å². The molecule has 0 aliphatic heterocycles. The maximum absolute atomic E-state index is 11.8. The number of phenols is 2. The lowest BCUT2D eigenvalue weighted by Crippen LogP contribution is -2.32. The number of rotatable bonds is 10. The van der Waals surface area contributed by atoms with Crippen LogP contribution in [0.1, 0.15) is 31.2 Å². The van der Waals surface area contributed by atoms with Gasteiger partial charge in [-0.3, -0.25) is 9.59 Å². The van der Waals surface area contributed by atoms with E-state index in [1.807, 2.05) is 0 Å². The van der Waals surface area contributed by atoms with Crippen LogP contribution in [0.3, 0.4) is 0 Å². The fraction of sp³-hybridized carbons (Fsp3) is 0.500. The predicted molar refractivity (Wildman–Crippen MR) is 87.0 cm³/mol. The topological polar surface area (TPSA) is 139 Å². The average molecular weight is 323 g/mol. The second-order valence-electron chi connectivity index (χ2n) is 5.46. The molecule has 23 heavy (non-hydrogen) atoms. The number of nitrogens with one attached hydrogen (secondary N) is 1. The Kier molecular flexibility index (Phi) is 8.07. The van der Waals surface area contributed by atoms with Crippen molar-refractivity contribution in [3.8, 4) is 11.5 Å². The van der Waals surface area contributed by atoms with Gasteiger partial charge in [-0.25, -0.2) is 0 Å². The third-order valence-corrected chi connectivity index (χ3v) is 3.47. The van der Waals surface area contributed by atoms with Crippen molar-refractivity contribution in [2.75, 3.05) is 13.1 Å². The van der Waals surface area contributed by atoms with E-state index in [1.54, 1.807) is 6.07 Å². The molecule has 0 radical (unpaired) electrons. The highest BCUT2D eigenvalue weighted by Gasteiger charge is 2.11. The minimum atomic E-state index is -0.478. The summed E-state index contributed by atoms with van der Waals surface area (Å²) in [6, 6.07) is 3.81. The predicted octanol–water partition coefficient (Wildman–Crippen LogP) is 0.172. The average Bonchev–Trinajstić information content (AvgIpc) is 2.50. The monoisotopic (exact) mass is 323 g/mol. The summed E-state index contributed by atoms with van der Waals surface area (Å²) in [4.78, 5) is 23.2. The van der Waals surface area contributed by atoms with Crippen LogP contribution in [0.15, 0.2) is 18.2 Å². The molecule has 128 valence electrons. The maximum atomic E-state index is 11.8. The highest BCUT2D eigenvalue weighted by molar-refractivity contribution is 5.83. The van der Waals surface area contributed by atoms with E-state index < -0.39 is 6.04 Å². The van der Waals surface area contributed by atoms with Crippen molar-refractivity contribution in [3.63, 3.8) is 0 Å². The van der Waals surface area contributed by atoms with Crippen molar-refractivity contribution >= 4 is 11.7 Å². The first-order valence-electron chi connectivity index (χ1n) is 7.70. The number of unbranched alkanes of at least 4 members (excludes halogenated alkanes) is 1. The molecule has 0 saturated carbocycles. The third kappa shape index (κ3) is 7.12. The van der Waals surface area contributed by atoms with Crippen LogP contribution in [-0.2, 0) is 16.0 Å². The minimum absolute atomic E-state index is 0.0244. The van der Waals surface area contributed by atoms with Crippen LogP contribution in [0.5, 0.6) is 11.5 Å². The maximum Gasteiger partial charge on any atom is 0.224 e. The Morgan fingerprint density at radius 3 is 2.57 bits per heavy atom. The van der Waals surface area contributed by atoms with Gasteiger partial charge in [-0.1, -0.05) is 6.07 Å². The van der Waals surface area contributed by atoms with Crippen LogP contribution < -0.4 is 16.8 Å². The summed E-state index contributed by atoms with van der Waals surface area (Å²) in [5.74, 6) is -0.650. The Labute approximate surface area is 135 Å². The normalized spacial score (nSPS) is 11.9. The summed E-state index contributed by atoms with van der Waals surface area (Å²) in [5.41, 5.74) is 11.7. The molecule has 1 amide bonds. The number of phenolic OH excluding ortho intramolecular Hbond substituents is 2. The van der Waals surface area contributed by atoms with Gasteiger partial charge in [0, 0.05) is 13.0 Å². The van der Waals surface area contributed by atoms with E-state index in [-0.39, 0.29) is 29.6 Å². The van der Waals surface area contributed by atoms with Gasteiger partial charge in [0.15, 0.2) is 17.3 Å². The van der Waals surface area contributed by atoms with Crippen LogP contribution >= 0.6 is 0 Å². The van der Waals surface area contributed by atoms with E-state index in [0.717, 1.165) is 12.8 Å². The summed E-state index contributed by atoms with van der Waals surface area (Å²) < 4.78 is 0. The fourth-order valence-corrected chi connectivity index (χ4v) is 2.13. The molecule has 7 N–H and O–H groups in total. The molecule has 1 atom stereocenters. The van der Waals surface area contributed by atoms with E-state index in [9.17, 15) is 19.8 Å². The number of Topliss-reactive ketones (excluding diaryl/α,β-unsaturated/α-hetero) is 1. The van der Waals surface area contributed by atoms with E-state index >= 15 is 0 Å². The van der Waals surface area contributed by atoms with Crippen LogP contribution in [0, 0.1) is 0 Å². The summed E-state index contributed by atoms with van der Waals surface area (Å²) >= 11 is 0. The second kappa shape index (κ2) is 9.81. The largest absolute Gasteiger partial charge is 0.504 e. The molecule has 0 fully saturated rings. The summed E-state index contributed by atoms with van der Waals surface area (Å²) in [6.07, 6.45) is 2.49. The van der Waals surface area contributed by atoms with Gasteiger partial charge < -0.3 is 27.0 Å². The first kappa shape index (κ1) is 18.9. The van der Waals surface area contributed by atoms with Gasteiger partial charge in [-0.15, -0.1) is 0 Å². The molecule has 0 saturated heterocycles. The standard InChI is InChI=1S/C16H25N3O4/c17-7-6-13(20)12(18)3-1-2-8-19-16(23)10-11-4-5-14(21)15(22)9-11/h4-5,9,12,21-22H,1-3,6-8,10,17-18H2,(H,19,23). The minimum Gasteiger partial charge on any atom is -0.504 e. The summed E-state index contributed by atoms with van der Waals surface area (Å²) in [6.45, 7) is 0.816. The molecule has 0 spiro atoms. The SMILES string of the molecule is NCCC(=O)C(N)CCCCNC(=O)Cc1ccc(O)c(O)c1. The van der Waals surface area contributed by atoms with Crippen molar-refractivity contribution in [2.45, 2.75) is 38.1 Å². The Morgan fingerprint density at radius 1 is 1.17 bits per heavy atom. The zero-order valence-electron chi connectivity index (χ0n) is 13.1. The van der Waals surface area contributed by atoms with Crippen molar-refractivity contribution in [1.29, 1.82) is 0 Å². The van der Waals surface area contributed by atoms with Crippen molar-refractivity contribution in [2.24, 2.45) is 11.5 Å². The van der Waals surface area contributed by atoms with Gasteiger partial charge in [0.2, 0.25) is 5.91 Å². The lowest BCUT2D eigenvalue weighted by Gasteiger charge is -2.10. The number of hydrogen-bond donors (Lipinski definition) is 5. The second-order valence-corrected chi connectivity index (χ2v) is 5.46. The molecule has 0 heterocycles. The molecule has 7 heteroatoms. The first-order chi connectivity index (χ1) is 10.9. The number of carbonyl (C=O) groups excluding carboxylic acids is 2. The quantitative estimate of drug-likeness (QED) is 0.307. The highest BCUT2D eigenvalue weighted by Crippen LogP contribution is 2.24. The molecule has 0 aliphatic rings. The molecule has 0 aliphatic carbocycles. The summed E-state index contributed by atoms with van der Waals surface area (Å²) in [7, 11) is 0.